The summed E-state index contributed by atoms with van der Waals surface area (Å²) < 4.78 is 11.8. The number of ether oxygens (including phenoxy) is 2. The van der Waals surface area contributed by atoms with E-state index in [1.54, 1.807) is 7.11 Å². The Labute approximate surface area is 157 Å². The molecule has 2 aliphatic heterocycles. The van der Waals surface area contributed by atoms with Crippen LogP contribution in [-0.4, -0.2) is 81.5 Å². The molecule has 0 amide bonds. The molecule has 3 rings (SSSR count). The van der Waals surface area contributed by atoms with Crippen molar-refractivity contribution in [2.45, 2.75) is 18.5 Å². The van der Waals surface area contributed by atoms with Gasteiger partial charge in [-0.15, -0.1) is 0 Å². The first kappa shape index (κ1) is 19.4. The Hall–Kier alpha value is -1.34. The second-order valence-corrected chi connectivity index (χ2v) is 8.22. The molecule has 6 heteroatoms. The number of benzene rings is 1. The minimum atomic E-state index is -0.274. The third kappa shape index (κ3) is 3.56. The highest BCUT2D eigenvalue weighted by Crippen LogP contribution is 2.49. The molecule has 0 bridgehead atoms. The standard InChI is InChI=1S/C20H33N3O3/c1-20(13-24)16-12-23(4)11-15(16)18(21-20)14-7-6-8-17(25-5)19(14)26-10-9-22(2)3/h6-8,15-16,18,21,24H,9-13H2,1-5H3/t15-,16+,18-,20+/m1/s1. The van der Waals surface area contributed by atoms with Crippen LogP contribution in [0.3, 0.4) is 0 Å². The van der Waals surface area contributed by atoms with Crippen molar-refractivity contribution >= 4 is 0 Å². The number of fused-ring (bicyclic) bond motifs is 1. The van der Waals surface area contributed by atoms with Crippen molar-refractivity contribution in [1.82, 2.24) is 15.1 Å². The van der Waals surface area contributed by atoms with E-state index in [4.69, 9.17) is 9.47 Å². The molecule has 0 radical (unpaired) electrons. The fraction of sp³-hybridized carbons (Fsp3) is 0.700. The van der Waals surface area contributed by atoms with Crippen LogP contribution < -0.4 is 14.8 Å². The molecule has 0 unspecified atom stereocenters. The first-order chi connectivity index (χ1) is 12.4. The molecule has 0 spiro atoms. The molecular formula is C20H33N3O3. The second-order valence-electron chi connectivity index (χ2n) is 8.22. The van der Waals surface area contributed by atoms with E-state index in [-0.39, 0.29) is 18.2 Å². The molecule has 2 fully saturated rings. The topological polar surface area (TPSA) is 57.2 Å². The minimum Gasteiger partial charge on any atom is -0.493 e. The maximum atomic E-state index is 10.1. The van der Waals surface area contributed by atoms with Gasteiger partial charge in [0.25, 0.3) is 0 Å². The monoisotopic (exact) mass is 363 g/mol. The lowest BCUT2D eigenvalue weighted by Crippen LogP contribution is -2.47. The van der Waals surface area contributed by atoms with E-state index in [0.717, 1.165) is 36.7 Å². The largest absolute Gasteiger partial charge is 0.493 e. The summed E-state index contributed by atoms with van der Waals surface area (Å²) in [5.74, 6) is 2.46. The van der Waals surface area contributed by atoms with Crippen molar-refractivity contribution in [3.05, 3.63) is 23.8 Å². The van der Waals surface area contributed by atoms with Crippen LogP contribution in [0.2, 0.25) is 0 Å². The van der Waals surface area contributed by atoms with E-state index >= 15 is 0 Å². The quantitative estimate of drug-likeness (QED) is 0.759. The van der Waals surface area contributed by atoms with Gasteiger partial charge in [-0.1, -0.05) is 12.1 Å². The first-order valence-electron chi connectivity index (χ1n) is 9.41. The molecule has 2 aliphatic rings. The summed E-state index contributed by atoms with van der Waals surface area (Å²) in [4.78, 5) is 4.47. The van der Waals surface area contributed by atoms with E-state index in [2.05, 4.69) is 35.2 Å². The Kier molecular flexibility index (Phi) is 5.77. The highest BCUT2D eigenvalue weighted by Gasteiger charge is 2.54. The van der Waals surface area contributed by atoms with Crippen LogP contribution >= 0.6 is 0 Å². The molecule has 0 saturated carbocycles. The highest BCUT2D eigenvalue weighted by atomic mass is 16.5. The van der Waals surface area contributed by atoms with Crippen LogP contribution in [0.5, 0.6) is 11.5 Å². The van der Waals surface area contributed by atoms with Gasteiger partial charge in [0, 0.05) is 36.8 Å². The molecular weight excluding hydrogens is 330 g/mol. The lowest BCUT2D eigenvalue weighted by molar-refractivity contribution is 0.145. The van der Waals surface area contributed by atoms with Crippen LogP contribution in [0, 0.1) is 11.8 Å². The predicted molar refractivity (Wildman–Crippen MR) is 103 cm³/mol. The number of hydrogen-bond acceptors (Lipinski definition) is 6. The lowest BCUT2D eigenvalue weighted by Gasteiger charge is -2.30. The zero-order valence-electron chi connectivity index (χ0n) is 16.7. The molecule has 2 heterocycles. The molecule has 1 aromatic carbocycles. The smallest absolute Gasteiger partial charge is 0.165 e. The predicted octanol–water partition coefficient (Wildman–Crippen LogP) is 1.21. The summed E-state index contributed by atoms with van der Waals surface area (Å²) in [5, 5.41) is 13.8. The number of methoxy groups -OCH3 is 1. The van der Waals surface area contributed by atoms with Gasteiger partial charge in [-0.2, -0.15) is 0 Å². The normalized spacial score (nSPS) is 31.4. The van der Waals surface area contributed by atoms with Crippen LogP contribution in [0.25, 0.3) is 0 Å². The fourth-order valence-corrected chi connectivity index (χ4v) is 4.51. The average molecular weight is 364 g/mol. The Morgan fingerprint density at radius 3 is 2.77 bits per heavy atom. The van der Waals surface area contributed by atoms with Gasteiger partial charge in [0.15, 0.2) is 11.5 Å². The number of para-hydroxylation sites is 1. The number of rotatable bonds is 7. The van der Waals surface area contributed by atoms with Gasteiger partial charge in [-0.25, -0.2) is 0 Å². The Balaban J connectivity index is 1.92. The van der Waals surface area contributed by atoms with Crippen LogP contribution in [0.15, 0.2) is 18.2 Å². The number of likely N-dealkylation sites (tertiary alicyclic amines) is 1. The van der Waals surface area contributed by atoms with Gasteiger partial charge >= 0.3 is 0 Å². The third-order valence-corrected chi connectivity index (χ3v) is 5.96. The van der Waals surface area contributed by atoms with E-state index in [1.807, 2.05) is 26.2 Å². The molecule has 0 aromatic heterocycles. The van der Waals surface area contributed by atoms with Gasteiger partial charge in [-0.3, -0.25) is 0 Å². The van der Waals surface area contributed by atoms with Crippen molar-refractivity contribution in [2.24, 2.45) is 11.8 Å². The molecule has 4 atom stereocenters. The average Bonchev–Trinajstić information content (AvgIpc) is 3.12. The Morgan fingerprint density at radius 2 is 2.12 bits per heavy atom. The van der Waals surface area contributed by atoms with Crippen molar-refractivity contribution < 1.29 is 14.6 Å². The molecule has 1 aromatic rings. The third-order valence-electron chi connectivity index (χ3n) is 5.96. The molecule has 2 saturated heterocycles. The summed E-state index contributed by atoms with van der Waals surface area (Å²) in [6.07, 6.45) is 0. The van der Waals surface area contributed by atoms with Gasteiger partial charge in [0.2, 0.25) is 0 Å². The van der Waals surface area contributed by atoms with Crippen molar-refractivity contribution in [3.63, 3.8) is 0 Å². The van der Waals surface area contributed by atoms with E-state index in [9.17, 15) is 5.11 Å². The summed E-state index contributed by atoms with van der Waals surface area (Å²) in [5.41, 5.74) is 0.856. The fourth-order valence-electron chi connectivity index (χ4n) is 4.51. The van der Waals surface area contributed by atoms with E-state index in [1.165, 1.54) is 0 Å². The van der Waals surface area contributed by atoms with Gasteiger partial charge in [0.1, 0.15) is 6.61 Å². The van der Waals surface area contributed by atoms with Crippen molar-refractivity contribution in [3.8, 4) is 11.5 Å². The molecule has 0 aliphatic carbocycles. The molecule has 6 nitrogen and oxygen atoms in total. The minimum absolute atomic E-state index is 0.138. The van der Waals surface area contributed by atoms with E-state index < -0.39 is 0 Å². The highest BCUT2D eigenvalue weighted by molar-refractivity contribution is 5.49. The number of likely N-dealkylation sites (N-methyl/N-ethyl adjacent to an activating group) is 1. The number of aliphatic hydroxyl groups is 1. The van der Waals surface area contributed by atoms with Crippen molar-refractivity contribution in [1.29, 1.82) is 0 Å². The first-order valence-corrected chi connectivity index (χ1v) is 9.41. The van der Waals surface area contributed by atoms with Gasteiger partial charge in [0.05, 0.1) is 13.7 Å². The maximum absolute atomic E-state index is 10.1. The zero-order chi connectivity index (χ0) is 18.9. The van der Waals surface area contributed by atoms with Crippen LogP contribution in [0.1, 0.15) is 18.5 Å². The van der Waals surface area contributed by atoms with Crippen LogP contribution in [0.4, 0.5) is 0 Å². The number of nitrogens with zero attached hydrogens (tertiary/aromatic N) is 2. The zero-order valence-corrected chi connectivity index (χ0v) is 16.7. The summed E-state index contributed by atoms with van der Waals surface area (Å²) in [6.45, 7) is 5.76. The molecule has 146 valence electrons. The summed E-state index contributed by atoms with van der Waals surface area (Å²) in [6, 6.07) is 6.25. The number of hydrogen-bond donors (Lipinski definition) is 2. The van der Waals surface area contributed by atoms with Gasteiger partial charge in [-0.05, 0) is 46.0 Å². The maximum Gasteiger partial charge on any atom is 0.165 e. The van der Waals surface area contributed by atoms with Gasteiger partial charge < -0.3 is 29.7 Å². The molecule has 26 heavy (non-hydrogen) atoms. The number of nitrogens with one attached hydrogen (secondary N) is 1. The van der Waals surface area contributed by atoms with Crippen molar-refractivity contribution in [2.75, 3.05) is 61.1 Å². The van der Waals surface area contributed by atoms with E-state index in [0.29, 0.717) is 18.4 Å². The van der Waals surface area contributed by atoms with Crippen LogP contribution in [-0.2, 0) is 0 Å². The summed E-state index contributed by atoms with van der Waals surface area (Å²) >= 11 is 0. The Bertz CT molecular complexity index is 624. The lowest BCUT2D eigenvalue weighted by atomic mass is 9.81. The summed E-state index contributed by atoms with van der Waals surface area (Å²) in [7, 11) is 7.92. The second kappa shape index (κ2) is 7.72. The molecule has 2 N–H and O–H groups in total. The number of aliphatic hydroxyl groups excluding tert-OH is 1. The Morgan fingerprint density at radius 1 is 1.35 bits per heavy atom. The SMILES string of the molecule is COc1cccc([C@H]2N[C@@](C)(CO)[C@H]3CN(C)C[C@@H]23)c1OCCN(C)C.